The molecule has 1 saturated carbocycles. The van der Waals surface area contributed by atoms with Crippen LogP contribution in [0.3, 0.4) is 0 Å². The van der Waals surface area contributed by atoms with Crippen LogP contribution in [0.15, 0.2) is 6.20 Å². The second-order valence-corrected chi connectivity index (χ2v) is 8.30. The number of rotatable bonds is 6. The number of hydrogen-bond acceptors (Lipinski definition) is 6. The number of carbonyl (C=O) groups is 2. The smallest absolute Gasteiger partial charge is 0.276 e. The van der Waals surface area contributed by atoms with E-state index in [0.717, 1.165) is 64.7 Å². The SMILES string of the molecule is NCCn1cc(C(=O)N2CCC(N3CCC[C@H](C(=O)NC4CC4)C3)CC2)nn1. The second-order valence-electron chi connectivity index (χ2n) is 8.30. The molecule has 3 aliphatic rings. The summed E-state index contributed by atoms with van der Waals surface area (Å²) in [5.74, 6) is 0.300. The average molecular weight is 390 g/mol. The highest BCUT2D eigenvalue weighted by molar-refractivity contribution is 5.92. The summed E-state index contributed by atoms with van der Waals surface area (Å²) < 4.78 is 1.61. The molecule has 0 bridgehead atoms. The van der Waals surface area contributed by atoms with Gasteiger partial charge in [-0.2, -0.15) is 0 Å². The Morgan fingerprint density at radius 2 is 1.93 bits per heavy atom. The van der Waals surface area contributed by atoms with E-state index in [-0.39, 0.29) is 17.7 Å². The van der Waals surface area contributed by atoms with Gasteiger partial charge in [-0.3, -0.25) is 19.2 Å². The van der Waals surface area contributed by atoms with Crippen molar-refractivity contribution in [3.8, 4) is 0 Å². The lowest BCUT2D eigenvalue weighted by Gasteiger charge is -2.41. The van der Waals surface area contributed by atoms with Gasteiger partial charge in [-0.25, -0.2) is 0 Å². The lowest BCUT2D eigenvalue weighted by atomic mass is 9.93. The summed E-state index contributed by atoms with van der Waals surface area (Å²) in [5.41, 5.74) is 5.91. The number of hydrogen-bond donors (Lipinski definition) is 2. The zero-order valence-corrected chi connectivity index (χ0v) is 16.4. The molecule has 1 aliphatic carbocycles. The minimum Gasteiger partial charge on any atom is -0.353 e. The maximum atomic E-state index is 12.7. The zero-order valence-electron chi connectivity index (χ0n) is 16.4. The van der Waals surface area contributed by atoms with Crippen molar-refractivity contribution in [3.63, 3.8) is 0 Å². The molecule has 3 N–H and O–H groups in total. The molecule has 3 heterocycles. The van der Waals surface area contributed by atoms with Crippen molar-refractivity contribution < 1.29 is 9.59 Å². The number of aromatic nitrogens is 3. The maximum absolute atomic E-state index is 12.7. The van der Waals surface area contributed by atoms with Crippen LogP contribution in [-0.4, -0.2) is 81.4 Å². The van der Waals surface area contributed by atoms with Crippen LogP contribution >= 0.6 is 0 Å². The first-order valence-electron chi connectivity index (χ1n) is 10.6. The van der Waals surface area contributed by atoms with Gasteiger partial charge in [0.25, 0.3) is 5.91 Å². The van der Waals surface area contributed by atoms with Crippen molar-refractivity contribution >= 4 is 11.8 Å². The van der Waals surface area contributed by atoms with Crippen LogP contribution in [-0.2, 0) is 11.3 Å². The number of carbonyl (C=O) groups excluding carboxylic acids is 2. The molecule has 0 radical (unpaired) electrons. The fourth-order valence-electron chi connectivity index (χ4n) is 4.33. The number of nitrogens with one attached hydrogen (secondary N) is 1. The van der Waals surface area contributed by atoms with Crippen LogP contribution in [0.1, 0.15) is 49.0 Å². The van der Waals surface area contributed by atoms with Crippen LogP contribution in [0.5, 0.6) is 0 Å². The fraction of sp³-hybridized carbons (Fsp3) is 0.789. The summed E-state index contributed by atoms with van der Waals surface area (Å²) in [6.07, 6.45) is 7.90. The van der Waals surface area contributed by atoms with Crippen molar-refractivity contribution in [2.75, 3.05) is 32.7 Å². The van der Waals surface area contributed by atoms with E-state index in [1.165, 1.54) is 0 Å². The molecule has 0 unspecified atom stereocenters. The van der Waals surface area contributed by atoms with Crippen molar-refractivity contribution in [3.05, 3.63) is 11.9 Å². The number of piperidine rings is 2. The second kappa shape index (κ2) is 8.57. The predicted octanol–water partition coefficient (Wildman–Crippen LogP) is -0.168. The first kappa shape index (κ1) is 19.3. The number of likely N-dealkylation sites (tertiary alicyclic amines) is 2. The summed E-state index contributed by atoms with van der Waals surface area (Å²) >= 11 is 0. The predicted molar refractivity (Wildman–Crippen MR) is 103 cm³/mol. The first-order valence-corrected chi connectivity index (χ1v) is 10.6. The van der Waals surface area contributed by atoms with Crippen LogP contribution in [0, 0.1) is 5.92 Å². The maximum Gasteiger partial charge on any atom is 0.276 e. The molecular formula is C19H31N7O2. The third-order valence-electron chi connectivity index (χ3n) is 6.13. The van der Waals surface area contributed by atoms with Crippen LogP contribution in [0.2, 0.25) is 0 Å². The van der Waals surface area contributed by atoms with Gasteiger partial charge in [-0.1, -0.05) is 5.21 Å². The van der Waals surface area contributed by atoms with E-state index in [1.807, 2.05) is 4.90 Å². The molecule has 1 aromatic heterocycles. The molecule has 2 amide bonds. The summed E-state index contributed by atoms with van der Waals surface area (Å²) in [4.78, 5) is 29.4. The molecule has 0 spiro atoms. The highest BCUT2D eigenvalue weighted by atomic mass is 16.2. The van der Waals surface area contributed by atoms with E-state index in [9.17, 15) is 9.59 Å². The topological polar surface area (TPSA) is 109 Å². The quantitative estimate of drug-likeness (QED) is 0.699. The molecule has 154 valence electrons. The van der Waals surface area contributed by atoms with Crippen LogP contribution in [0.25, 0.3) is 0 Å². The zero-order chi connectivity index (χ0) is 19.5. The van der Waals surface area contributed by atoms with Crippen molar-refractivity contribution in [2.24, 2.45) is 11.7 Å². The number of nitrogens with zero attached hydrogens (tertiary/aromatic N) is 5. The Morgan fingerprint density at radius 1 is 1.14 bits per heavy atom. The lowest BCUT2D eigenvalue weighted by Crippen LogP contribution is -2.51. The van der Waals surface area contributed by atoms with Crippen LogP contribution in [0.4, 0.5) is 0 Å². The average Bonchev–Trinajstić information content (AvgIpc) is 3.42. The summed E-state index contributed by atoms with van der Waals surface area (Å²) in [6, 6.07) is 0.883. The standard InChI is InChI=1S/C19H31N7O2/c20-7-11-26-13-17(22-23-26)19(28)24-9-5-16(6-10-24)25-8-1-2-14(12-25)18(27)21-15-3-4-15/h13-16H,1-12,20H2,(H,21,27)/t14-/m0/s1. The molecule has 1 aromatic rings. The monoisotopic (exact) mass is 389 g/mol. The fourth-order valence-corrected chi connectivity index (χ4v) is 4.33. The molecule has 0 aromatic carbocycles. The van der Waals surface area contributed by atoms with Gasteiger partial charge < -0.3 is 16.0 Å². The molecule has 3 fully saturated rings. The van der Waals surface area contributed by atoms with E-state index in [4.69, 9.17) is 5.73 Å². The molecule has 4 rings (SSSR count). The highest BCUT2D eigenvalue weighted by Crippen LogP contribution is 2.26. The summed E-state index contributed by atoms with van der Waals surface area (Å²) in [6.45, 7) is 4.39. The minimum absolute atomic E-state index is 0.0537. The molecule has 9 heteroatoms. The normalized spacial score (nSPS) is 24.3. The van der Waals surface area contributed by atoms with E-state index in [0.29, 0.717) is 30.9 Å². The third kappa shape index (κ3) is 4.52. The molecule has 28 heavy (non-hydrogen) atoms. The number of amides is 2. The van der Waals surface area contributed by atoms with Gasteiger partial charge in [-0.05, 0) is 45.1 Å². The third-order valence-corrected chi connectivity index (χ3v) is 6.13. The molecule has 2 aliphatic heterocycles. The van der Waals surface area contributed by atoms with Crippen LogP contribution < -0.4 is 11.1 Å². The molecule has 2 saturated heterocycles. The molecular weight excluding hydrogens is 358 g/mol. The van der Waals surface area contributed by atoms with Gasteiger partial charge in [-0.15, -0.1) is 5.10 Å². The summed E-state index contributed by atoms with van der Waals surface area (Å²) in [5, 5.41) is 11.1. The van der Waals surface area contributed by atoms with Gasteiger partial charge >= 0.3 is 0 Å². The van der Waals surface area contributed by atoms with Gasteiger partial charge in [0.2, 0.25) is 5.91 Å². The first-order chi connectivity index (χ1) is 13.6. The Balaban J connectivity index is 1.27. The Morgan fingerprint density at radius 3 is 2.64 bits per heavy atom. The van der Waals surface area contributed by atoms with E-state index >= 15 is 0 Å². The van der Waals surface area contributed by atoms with Crippen molar-refractivity contribution in [1.29, 1.82) is 0 Å². The van der Waals surface area contributed by atoms with Gasteiger partial charge in [0.1, 0.15) is 0 Å². The van der Waals surface area contributed by atoms with Crippen molar-refractivity contribution in [2.45, 2.75) is 57.2 Å². The van der Waals surface area contributed by atoms with Gasteiger partial charge in [0.15, 0.2) is 5.69 Å². The number of nitrogens with two attached hydrogens (primary N) is 1. The Hall–Kier alpha value is -2.00. The van der Waals surface area contributed by atoms with E-state index in [2.05, 4.69) is 20.5 Å². The molecule has 9 nitrogen and oxygen atoms in total. The Kier molecular flexibility index (Phi) is 5.91. The Bertz CT molecular complexity index is 694. The highest BCUT2D eigenvalue weighted by Gasteiger charge is 2.34. The minimum atomic E-state index is -0.0537. The molecule has 1 atom stereocenters. The summed E-state index contributed by atoms with van der Waals surface area (Å²) in [7, 11) is 0. The largest absolute Gasteiger partial charge is 0.353 e. The van der Waals surface area contributed by atoms with E-state index < -0.39 is 0 Å². The van der Waals surface area contributed by atoms with Crippen molar-refractivity contribution in [1.82, 2.24) is 30.1 Å². The Labute approximate surface area is 165 Å². The van der Waals surface area contributed by atoms with E-state index in [1.54, 1.807) is 10.9 Å². The van der Waals surface area contributed by atoms with Gasteiger partial charge in [0.05, 0.1) is 18.7 Å². The lowest BCUT2D eigenvalue weighted by molar-refractivity contribution is -0.127. The van der Waals surface area contributed by atoms with Gasteiger partial charge in [0, 0.05) is 38.3 Å².